The third kappa shape index (κ3) is 3.91. The quantitative estimate of drug-likeness (QED) is 0.654. The number of hydrogen-bond acceptors (Lipinski definition) is 5. The SMILES string of the molecule is CC(C)n1c(N)nnc1SCCSc1ccccc1. The fraction of sp³-hybridized carbons (Fsp3) is 0.385. The highest BCUT2D eigenvalue weighted by atomic mass is 32.2. The zero-order chi connectivity index (χ0) is 13.7. The van der Waals surface area contributed by atoms with Gasteiger partial charge in [-0.1, -0.05) is 30.0 Å². The van der Waals surface area contributed by atoms with Crippen molar-refractivity contribution in [3.05, 3.63) is 30.3 Å². The molecular weight excluding hydrogens is 276 g/mol. The maximum Gasteiger partial charge on any atom is 0.222 e. The molecule has 0 atom stereocenters. The van der Waals surface area contributed by atoms with Gasteiger partial charge in [0.1, 0.15) is 0 Å². The van der Waals surface area contributed by atoms with Gasteiger partial charge in [-0.3, -0.25) is 4.57 Å². The zero-order valence-corrected chi connectivity index (χ0v) is 12.7. The van der Waals surface area contributed by atoms with Gasteiger partial charge < -0.3 is 5.73 Å². The smallest absolute Gasteiger partial charge is 0.222 e. The molecule has 0 saturated heterocycles. The lowest BCUT2D eigenvalue weighted by Gasteiger charge is -2.10. The number of nitrogens with two attached hydrogens (primary N) is 1. The molecule has 0 aliphatic rings. The standard InChI is InChI=1S/C13H18N4S2/c1-10(2)17-12(14)15-16-13(17)19-9-8-18-11-6-4-3-5-7-11/h3-7,10H,8-9H2,1-2H3,(H2,14,15). The number of rotatable bonds is 6. The molecule has 2 aromatic rings. The fourth-order valence-corrected chi connectivity index (χ4v) is 3.66. The van der Waals surface area contributed by atoms with E-state index in [1.807, 2.05) is 22.4 Å². The third-order valence-corrected chi connectivity index (χ3v) is 4.75. The van der Waals surface area contributed by atoms with Crippen LogP contribution < -0.4 is 5.73 Å². The van der Waals surface area contributed by atoms with Gasteiger partial charge in [0.15, 0.2) is 5.16 Å². The van der Waals surface area contributed by atoms with E-state index < -0.39 is 0 Å². The summed E-state index contributed by atoms with van der Waals surface area (Å²) in [6, 6.07) is 10.7. The van der Waals surface area contributed by atoms with Crippen LogP contribution in [0.2, 0.25) is 0 Å². The first-order valence-corrected chi connectivity index (χ1v) is 8.16. The third-order valence-electron chi connectivity index (χ3n) is 2.53. The van der Waals surface area contributed by atoms with E-state index in [2.05, 4.69) is 48.3 Å². The molecule has 1 aromatic carbocycles. The van der Waals surface area contributed by atoms with Crippen molar-refractivity contribution in [2.45, 2.75) is 29.9 Å². The Morgan fingerprint density at radius 2 is 1.79 bits per heavy atom. The van der Waals surface area contributed by atoms with Crippen molar-refractivity contribution in [2.75, 3.05) is 17.2 Å². The van der Waals surface area contributed by atoms with Crippen LogP contribution in [0.15, 0.2) is 40.4 Å². The normalized spacial score (nSPS) is 11.1. The van der Waals surface area contributed by atoms with E-state index in [-0.39, 0.29) is 0 Å². The Morgan fingerprint density at radius 3 is 2.47 bits per heavy atom. The molecule has 1 aromatic heterocycles. The van der Waals surface area contributed by atoms with Crippen molar-refractivity contribution in [3.8, 4) is 0 Å². The minimum atomic E-state index is 0.291. The molecule has 0 aliphatic carbocycles. The van der Waals surface area contributed by atoms with Crippen LogP contribution in [0, 0.1) is 0 Å². The number of nitrogens with zero attached hydrogens (tertiary/aromatic N) is 3. The largest absolute Gasteiger partial charge is 0.368 e. The van der Waals surface area contributed by atoms with Crippen LogP contribution in [-0.2, 0) is 0 Å². The summed E-state index contributed by atoms with van der Waals surface area (Å²) in [5.41, 5.74) is 5.81. The lowest BCUT2D eigenvalue weighted by molar-refractivity contribution is 0.557. The molecular formula is C13H18N4S2. The highest BCUT2D eigenvalue weighted by molar-refractivity contribution is 8.02. The molecule has 0 amide bonds. The Hall–Kier alpha value is -1.14. The monoisotopic (exact) mass is 294 g/mol. The van der Waals surface area contributed by atoms with Crippen molar-refractivity contribution in [3.63, 3.8) is 0 Å². The molecule has 2 rings (SSSR count). The van der Waals surface area contributed by atoms with Gasteiger partial charge in [-0.25, -0.2) is 0 Å². The Balaban J connectivity index is 1.83. The predicted molar refractivity (Wildman–Crippen MR) is 82.7 cm³/mol. The van der Waals surface area contributed by atoms with E-state index in [1.165, 1.54) is 4.90 Å². The van der Waals surface area contributed by atoms with Crippen LogP contribution >= 0.6 is 23.5 Å². The maximum atomic E-state index is 5.81. The van der Waals surface area contributed by atoms with Gasteiger partial charge in [0, 0.05) is 22.4 Å². The average Bonchev–Trinajstić information content (AvgIpc) is 2.77. The lowest BCUT2D eigenvalue weighted by atomic mass is 10.4. The zero-order valence-electron chi connectivity index (χ0n) is 11.1. The topological polar surface area (TPSA) is 56.7 Å². The second-order valence-electron chi connectivity index (χ2n) is 4.31. The summed E-state index contributed by atoms with van der Waals surface area (Å²) in [6.07, 6.45) is 0. The van der Waals surface area contributed by atoms with Crippen molar-refractivity contribution in [1.82, 2.24) is 14.8 Å². The summed E-state index contributed by atoms with van der Waals surface area (Å²) < 4.78 is 1.97. The minimum absolute atomic E-state index is 0.291. The molecule has 0 bridgehead atoms. The highest BCUT2D eigenvalue weighted by Gasteiger charge is 2.12. The van der Waals surface area contributed by atoms with Crippen molar-refractivity contribution in [2.24, 2.45) is 0 Å². The van der Waals surface area contributed by atoms with E-state index in [4.69, 9.17) is 5.73 Å². The molecule has 1 heterocycles. The van der Waals surface area contributed by atoms with E-state index >= 15 is 0 Å². The predicted octanol–water partition coefficient (Wildman–Crippen LogP) is 3.33. The molecule has 0 fully saturated rings. The van der Waals surface area contributed by atoms with E-state index in [1.54, 1.807) is 11.8 Å². The molecule has 0 saturated carbocycles. The van der Waals surface area contributed by atoms with E-state index in [0.717, 1.165) is 16.7 Å². The molecule has 0 unspecified atom stereocenters. The Morgan fingerprint density at radius 1 is 1.11 bits per heavy atom. The Kier molecular flexibility index (Phi) is 5.15. The van der Waals surface area contributed by atoms with Crippen LogP contribution in [0.4, 0.5) is 5.95 Å². The first-order chi connectivity index (χ1) is 9.18. The van der Waals surface area contributed by atoms with Gasteiger partial charge in [-0.05, 0) is 26.0 Å². The van der Waals surface area contributed by atoms with Crippen molar-refractivity contribution >= 4 is 29.5 Å². The summed E-state index contributed by atoms with van der Waals surface area (Å²) in [4.78, 5) is 1.30. The van der Waals surface area contributed by atoms with Gasteiger partial charge in [0.2, 0.25) is 5.95 Å². The van der Waals surface area contributed by atoms with Gasteiger partial charge in [-0.15, -0.1) is 22.0 Å². The second kappa shape index (κ2) is 6.86. The van der Waals surface area contributed by atoms with Gasteiger partial charge in [0.25, 0.3) is 0 Å². The Labute approximate surface area is 122 Å². The first kappa shape index (κ1) is 14.3. The second-order valence-corrected chi connectivity index (χ2v) is 6.54. The van der Waals surface area contributed by atoms with Crippen LogP contribution in [-0.4, -0.2) is 26.3 Å². The maximum absolute atomic E-state index is 5.81. The van der Waals surface area contributed by atoms with Gasteiger partial charge >= 0.3 is 0 Å². The van der Waals surface area contributed by atoms with Crippen molar-refractivity contribution in [1.29, 1.82) is 0 Å². The first-order valence-electron chi connectivity index (χ1n) is 6.19. The molecule has 6 heteroatoms. The number of hydrogen-bond donors (Lipinski definition) is 1. The van der Waals surface area contributed by atoms with Crippen LogP contribution in [0.3, 0.4) is 0 Å². The van der Waals surface area contributed by atoms with Crippen LogP contribution in [0.25, 0.3) is 0 Å². The summed E-state index contributed by atoms with van der Waals surface area (Å²) in [5.74, 6) is 2.53. The Bertz CT molecular complexity index is 511. The number of thioether (sulfide) groups is 2. The molecule has 0 radical (unpaired) electrons. The van der Waals surface area contributed by atoms with Gasteiger partial charge in [0.05, 0.1) is 0 Å². The molecule has 2 N–H and O–H groups in total. The van der Waals surface area contributed by atoms with Crippen molar-refractivity contribution < 1.29 is 0 Å². The fourth-order valence-electron chi connectivity index (χ4n) is 1.68. The average molecular weight is 294 g/mol. The number of nitrogen functional groups attached to an aromatic ring is 1. The summed E-state index contributed by atoms with van der Waals surface area (Å²) >= 11 is 3.56. The number of benzene rings is 1. The molecule has 19 heavy (non-hydrogen) atoms. The van der Waals surface area contributed by atoms with Crippen LogP contribution in [0.1, 0.15) is 19.9 Å². The molecule has 0 spiro atoms. The summed E-state index contributed by atoms with van der Waals surface area (Å²) in [7, 11) is 0. The highest BCUT2D eigenvalue weighted by Crippen LogP contribution is 2.25. The van der Waals surface area contributed by atoms with Gasteiger partial charge in [-0.2, -0.15) is 0 Å². The number of aromatic nitrogens is 3. The lowest BCUT2D eigenvalue weighted by Crippen LogP contribution is -2.07. The molecule has 0 aliphatic heterocycles. The van der Waals surface area contributed by atoms with E-state index in [0.29, 0.717) is 12.0 Å². The number of anilines is 1. The minimum Gasteiger partial charge on any atom is -0.368 e. The molecule has 4 nitrogen and oxygen atoms in total. The van der Waals surface area contributed by atoms with Crippen LogP contribution in [0.5, 0.6) is 0 Å². The molecule has 102 valence electrons. The van der Waals surface area contributed by atoms with E-state index in [9.17, 15) is 0 Å². The summed E-state index contributed by atoms with van der Waals surface area (Å²) in [5, 5.41) is 8.96. The summed E-state index contributed by atoms with van der Waals surface area (Å²) in [6.45, 7) is 4.17.